The van der Waals surface area contributed by atoms with Crippen LogP contribution in [0.3, 0.4) is 0 Å². The molecule has 3 N–H and O–H groups in total. The zero-order valence-corrected chi connectivity index (χ0v) is 14.4. The topological polar surface area (TPSA) is 94.3 Å². The average Bonchev–Trinajstić information content (AvgIpc) is 2.59. The number of nitrogens with one attached hydrogen (secondary N) is 1. The van der Waals surface area contributed by atoms with Crippen LogP contribution >= 0.6 is 0 Å². The first kappa shape index (κ1) is 18.4. The molecule has 0 saturated heterocycles. The molecule has 1 aromatic carbocycles. The van der Waals surface area contributed by atoms with E-state index in [0.717, 1.165) is 16.9 Å². The highest BCUT2D eigenvalue weighted by molar-refractivity contribution is 5.93. The molecule has 0 spiro atoms. The first-order chi connectivity index (χ1) is 11.9. The summed E-state index contributed by atoms with van der Waals surface area (Å²) in [6, 6.07) is 11.3. The first-order valence-electron chi connectivity index (χ1n) is 7.93. The van der Waals surface area contributed by atoms with Crippen LogP contribution in [0.4, 0.5) is 0 Å². The van der Waals surface area contributed by atoms with E-state index in [1.165, 1.54) is 6.42 Å². The van der Waals surface area contributed by atoms with Crippen LogP contribution in [0.1, 0.15) is 25.0 Å². The van der Waals surface area contributed by atoms with Crippen molar-refractivity contribution < 1.29 is 14.3 Å². The Balaban J connectivity index is 1.80. The molecule has 1 radical (unpaired) electrons. The van der Waals surface area contributed by atoms with Gasteiger partial charge in [-0.1, -0.05) is 18.2 Å². The monoisotopic (exact) mass is 340 g/mol. The van der Waals surface area contributed by atoms with Crippen LogP contribution < -0.4 is 15.8 Å². The summed E-state index contributed by atoms with van der Waals surface area (Å²) in [6.07, 6.45) is 5.41. The van der Waals surface area contributed by atoms with Gasteiger partial charge in [-0.2, -0.15) is 0 Å². The molecule has 0 aliphatic rings. The SMILES string of the molecule is CC(C)(NC(=O)[CH]Cc1ccc(OCc2cccnc2)cc1)C(N)=O. The molecule has 0 fully saturated rings. The highest BCUT2D eigenvalue weighted by Gasteiger charge is 2.26. The van der Waals surface area contributed by atoms with Crippen molar-refractivity contribution in [2.45, 2.75) is 32.4 Å². The Hall–Kier alpha value is -2.89. The van der Waals surface area contributed by atoms with Crippen LogP contribution in [0.25, 0.3) is 0 Å². The number of hydrogen-bond donors (Lipinski definition) is 2. The Morgan fingerprint density at radius 1 is 1.20 bits per heavy atom. The van der Waals surface area contributed by atoms with Crippen molar-refractivity contribution in [2.24, 2.45) is 5.73 Å². The normalized spacial score (nSPS) is 11.0. The molecule has 131 valence electrons. The van der Waals surface area contributed by atoms with Gasteiger partial charge >= 0.3 is 0 Å². The highest BCUT2D eigenvalue weighted by Crippen LogP contribution is 2.15. The third-order valence-corrected chi connectivity index (χ3v) is 3.63. The number of rotatable bonds is 8. The van der Waals surface area contributed by atoms with Gasteiger partial charge in [0, 0.05) is 18.0 Å². The number of hydrogen-bond acceptors (Lipinski definition) is 4. The lowest BCUT2D eigenvalue weighted by Crippen LogP contribution is -2.53. The van der Waals surface area contributed by atoms with Gasteiger partial charge in [0.1, 0.15) is 17.9 Å². The van der Waals surface area contributed by atoms with Gasteiger partial charge < -0.3 is 15.8 Å². The van der Waals surface area contributed by atoms with E-state index in [2.05, 4.69) is 10.3 Å². The molecule has 0 saturated carbocycles. The van der Waals surface area contributed by atoms with E-state index in [0.29, 0.717) is 13.0 Å². The second-order valence-electron chi connectivity index (χ2n) is 6.18. The third kappa shape index (κ3) is 5.91. The van der Waals surface area contributed by atoms with Gasteiger partial charge in [0.2, 0.25) is 11.8 Å². The minimum atomic E-state index is -1.07. The van der Waals surface area contributed by atoms with Crippen molar-refractivity contribution in [1.29, 1.82) is 0 Å². The van der Waals surface area contributed by atoms with Crippen molar-refractivity contribution in [3.8, 4) is 5.75 Å². The van der Waals surface area contributed by atoms with E-state index < -0.39 is 11.4 Å². The molecule has 0 unspecified atom stereocenters. The Morgan fingerprint density at radius 2 is 1.92 bits per heavy atom. The standard InChI is InChI=1S/C19H22N3O3/c1-19(2,18(20)24)22-17(23)10-7-14-5-8-16(9-6-14)25-13-15-4-3-11-21-12-15/h3-6,8-12H,7,13H2,1-2H3,(H2,20,24)(H,22,23). The lowest BCUT2D eigenvalue weighted by atomic mass is 10.0. The molecule has 2 rings (SSSR count). The molecule has 2 aromatic rings. The Kier molecular flexibility index (Phi) is 6.11. The molecule has 0 atom stereocenters. The Labute approximate surface area is 147 Å². The van der Waals surface area contributed by atoms with E-state index in [-0.39, 0.29) is 5.91 Å². The number of benzene rings is 1. The number of ether oxygens (including phenoxy) is 1. The summed E-state index contributed by atoms with van der Waals surface area (Å²) in [5.41, 5.74) is 6.11. The molecule has 0 aliphatic heterocycles. The second kappa shape index (κ2) is 8.28. The van der Waals surface area contributed by atoms with Crippen molar-refractivity contribution >= 4 is 11.8 Å². The van der Waals surface area contributed by atoms with E-state index in [1.54, 1.807) is 26.2 Å². The number of nitrogens with two attached hydrogens (primary N) is 1. The van der Waals surface area contributed by atoms with Crippen molar-refractivity contribution in [2.75, 3.05) is 0 Å². The lowest BCUT2D eigenvalue weighted by Gasteiger charge is -2.22. The predicted octanol–water partition coefficient (Wildman–Crippen LogP) is 1.79. The maximum atomic E-state index is 11.9. The lowest BCUT2D eigenvalue weighted by molar-refractivity contribution is -0.128. The van der Waals surface area contributed by atoms with Crippen LogP contribution in [0.2, 0.25) is 0 Å². The number of pyridine rings is 1. The second-order valence-corrected chi connectivity index (χ2v) is 6.18. The third-order valence-electron chi connectivity index (χ3n) is 3.63. The van der Waals surface area contributed by atoms with Gasteiger partial charge in [-0.15, -0.1) is 0 Å². The van der Waals surface area contributed by atoms with Crippen LogP contribution in [0, 0.1) is 6.42 Å². The Bertz CT molecular complexity index is 712. The van der Waals surface area contributed by atoms with Gasteiger partial charge in [-0.05, 0) is 44.0 Å². The van der Waals surface area contributed by atoms with Gasteiger partial charge in [-0.3, -0.25) is 14.6 Å². The van der Waals surface area contributed by atoms with Crippen LogP contribution in [0.15, 0.2) is 48.8 Å². The van der Waals surface area contributed by atoms with Gasteiger partial charge in [0.05, 0.1) is 6.42 Å². The Morgan fingerprint density at radius 3 is 2.52 bits per heavy atom. The zero-order valence-electron chi connectivity index (χ0n) is 14.4. The smallest absolute Gasteiger partial charge is 0.242 e. The highest BCUT2D eigenvalue weighted by atomic mass is 16.5. The number of carbonyl (C=O) groups is 2. The zero-order chi connectivity index (χ0) is 18.3. The predicted molar refractivity (Wildman–Crippen MR) is 94.4 cm³/mol. The number of carbonyl (C=O) groups excluding carboxylic acids is 2. The molecule has 25 heavy (non-hydrogen) atoms. The number of amides is 2. The number of nitrogens with zero attached hydrogens (tertiary/aromatic N) is 1. The van der Waals surface area contributed by atoms with E-state index in [1.807, 2.05) is 36.4 Å². The molecule has 2 amide bonds. The molecular weight excluding hydrogens is 318 g/mol. The molecule has 0 bridgehead atoms. The molecule has 1 heterocycles. The summed E-state index contributed by atoms with van der Waals surface area (Å²) in [6.45, 7) is 3.58. The molecular formula is C19H22N3O3. The maximum absolute atomic E-state index is 11.9. The van der Waals surface area contributed by atoms with Crippen molar-refractivity contribution in [1.82, 2.24) is 10.3 Å². The van der Waals surface area contributed by atoms with Crippen LogP contribution in [-0.2, 0) is 22.6 Å². The molecule has 0 aliphatic carbocycles. The summed E-state index contributed by atoms with van der Waals surface area (Å²) in [5, 5.41) is 2.58. The molecule has 6 nitrogen and oxygen atoms in total. The average molecular weight is 340 g/mol. The largest absolute Gasteiger partial charge is 0.489 e. The summed E-state index contributed by atoms with van der Waals surface area (Å²) < 4.78 is 5.68. The summed E-state index contributed by atoms with van der Waals surface area (Å²) >= 11 is 0. The van der Waals surface area contributed by atoms with E-state index in [9.17, 15) is 9.59 Å². The van der Waals surface area contributed by atoms with Crippen LogP contribution in [-0.4, -0.2) is 22.3 Å². The first-order valence-corrected chi connectivity index (χ1v) is 7.93. The van der Waals surface area contributed by atoms with E-state index in [4.69, 9.17) is 10.5 Å². The van der Waals surface area contributed by atoms with Crippen molar-refractivity contribution in [3.05, 3.63) is 66.3 Å². The summed E-state index contributed by atoms with van der Waals surface area (Å²) in [7, 11) is 0. The molecule has 1 aromatic heterocycles. The quantitative estimate of drug-likeness (QED) is 0.766. The summed E-state index contributed by atoms with van der Waals surface area (Å²) in [5.74, 6) is -0.169. The van der Waals surface area contributed by atoms with Gasteiger partial charge in [-0.25, -0.2) is 0 Å². The maximum Gasteiger partial charge on any atom is 0.242 e. The fraction of sp³-hybridized carbons (Fsp3) is 0.263. The molecule has 6 heteroatoms. The minimum absolute atomic E-state index is 0.333. The number of aromatic nitrogens is 1. The van der Waals surface area contributed by atoms with Crippen molar-refractivity contribution in [3.63, 3.8) is 0 Å². The van der Waals surface area contributed by atoms with Gasteiger partial charge in [0.15, 0.2) is 0 Å². The summed E-state index contributed by atoms with van der Waals surface area (Å²) in [4.78, 5) is 27.1. The fourth-order valence-corrected chi connectivity index (χ4v) is 2.00. The fourth-order valence-electron chi connectivity index (χ4n) is 2.00. The number of primary amides is 1. The van der Waals surface area contributed by atoms with Crippen LogP contribution in [0.5, 0.6) is 5.75 Å². The van der Waals surface area contributed by atoms with E-state index >= 15 is 0 Å². The minimum Gasteiger partial charge on any atom is -0.489 e. The van der Waals surface area contributed by atoms with Gasteiger partial charge in [0.25, 0.3) is 0 Å².